The van der Waals surface area contributed by atoms with Gasteiger partial charge in [0.15, 0.2) is 0 Å². The summed E-state index contributed by atoms with van der Waals surface area (Å²) < 4.78 is 10.8. The molecule has 3 aromatic rings. The molecule has 0 bridgehead atoms. The first-order valence-electron chi connectivity index (χ1n) is 10.2. The average molecular weight is 416 g/mol. The minimum Gasteiger partial charge on any atom is -0.457 e. The fourth-order valence-corrected chi connectivity index (χ4v) is 3.47. The summed E-state index contributed by atoms with van der Waals surface area (Å²) in [5.74, 6) is -0.662. The van der Waals surface area contributed by atoms with E-state index < -0.39 is 5.97 Å². The van der Waals surface area contributed by atoms with E-state index in [0.29, 0.717) is 30.0 Å². The predicted molar refractivity (Wildman–Crippen MR) is 119 cm³/mol. The van der Waals surface area contributed by atoms with Gasteiger partial charge in [-0.25, -0.2) is 4.79 Å². The van der Waals surface area contributed by atoms with Crippen LogP contribution in [0.15, 0.2) is 78.9 Å². The molecule has 1 saturated heterocycles. The molecule has 0 spiro atoms. The Morgan fingerprint density at radius 2 is 1.65 bits per heavy atom. The second-order valence-corrected chi connectivity index (χ2v) is 7.21. The Morgan fingerprint density at radius 1 is 0.903 bits per heavy atom. The first kappa shape index (κ1) is 20.6. The lowest BCUT2D eigenvalue weighted by molar-refractivity contribution is 0.0472. The van der Waals surface area contributed by atoms with Gasteiger partial charge in [0.25, 0.3) is 5.91 Å². The number of benzene rings is 3. The molecule has 1 amide bonds. The fraction of sp³-hybridized carbons (Fsp3) is 0.200. The zero-order valence-electron chi connectivity index (χ0n) is 17.1. The lowest BCUT2D eigenvalue weighted by Gasteiger charge is -2.30. The van der Waals surface area contributed by atoms with Gasteiger partial charge in [-0.15, -0.1) is 0 Å². The molecular weight excluding hydrogens is 392 g/mol. The molecule has 1 aliphatic heterocycles. The van der Waals surface area contributed by atoms with Crippen molar-refractivity contribution >= 4 is 23.3 Å². The van der Waals surface area contributed by atoms with E-state index in [0.717, 1.165) is 24.3 Å². The van der Waals surface area contributed by atoms with Gasteiger partial charge in [-0.1, -0.05) is 48.5 Å². The number of amides is 1. The molecule has 0 unspecified atom stereocenters. The lowest BCUT2D eigenvalue weighted by atomic mass is 10.1. The van der Waals surface area contributed by atoms with Crippen molar-refractivity contribution in [3.05, 3.63) is 95.6 Å². The number of para-hydroxylation sites is 1. The van der Waals surface area contributed by atoms with Crippen molar-refractivity contribution in [2.45, 2.75) is 6.61 Å². The Labute approximate surface area is 181 Å². The Hall–Kier alpha value is -3.64. The maximum Gasteiger partial charge on any atom is 0.338 e. The number of hydrogen-bond donors (Lipinski definition) is 1. The second-order valence-electron chi connectivity index (χ2n) is 7.21. The number of ether oxygens (including phenoxy) is 2. The van der Waals surface area contributed by atoms with Crippen LogP contribution in [0.5, 0.6) is 0 Å². The van der Waals surface area contributed by atoms with Crippen LogP contribution >= 0.6 is 0 Å². The normalized spacial score (nSPS) is 13.5. The summed E-state index contributed by atoms with van der Waals surface area (Å²) in [6.07, 6.45) is 0. The largest absolute Gasteiger partial charge is 0.457 e. The van der Waals surface area contributed by atoms with Crippen LogP contribution in [0.25, 0.3) is 0 Å². The minimum atomic E-state index is -0.436. The van der Waals surface area contributed by atoms with Crippen LogP contribution in [0.4, 0.5) is 11.4 Å². The topological polar surface area (TPSA) is 67.9 Å². The highest BCUT2D eigenvalue weighted by molar-refractivity contribution is 6.08. The number of morpholine rings is 1. The third-order valence-corrected chi connectivity index (χ3v) is 5.07. The van der Waals surface area contributed by atoms with Gasteiger partial charge in [0.1, 0.15) is 6.61 Å². The van der Waals surface area contributed by atoms with Crippen molar-refractivity contribution in [3.8, 4) is 0 Å². The number of nitrogens with one attached hydrogen (secondary N) is 1. The van der Waals surface area contributed by atoms with E-state index in [2.05, 4.69) is 10.2 Å². The molecule has 1 heterocycles. The number of carbonyl (C=O) groups is 2. The zero-order valence-corrected chi connectivity index (χ0v) is 17.1. The number of nitrogens with zero attached hydrogens (tertiary/aromatic N) is 1. The van der Waals surface area contributed by atoms with Gasteiger partial charge in [-0.3, -0.25) is 4.79 Å². The van der Waals surface area contributed by atoms with Gasteiger partial charge in [-0.05, 0) is 35.9 Å². The van der Waals surface area contributed by atoms with E-state index >= 15 is 0 Å². The highest BCUT2D eigenvalue weighted by Crippen LogP contribution is 2.23. The standard InChI is InChI=1S/C25H24N2O4/c28-24(22-11-4-5-12-23(22)27-13-15-30-16-14-27)26-21-10-6-9-20(17-21)25(29)31-18-19-7-2-1-3-8-19/h1-12,17H,13-16,18H2,(H,26,28). The van der Waals surface area contributed by atoms with Crippen LogP contribution in [-0.4, -0.2) is 38.2 Å². The van der Waals surface area contributed by atoms with Crippen LogP contribution in [0.1, 0.15) is 26.3 Å². The Bertz CT molecular complexity index is 1050. The zero-order chi connectivity index (χ0) is 21.5. The van der Waals surface area contributed by atoms with Gasteiger partial charge >= 0.3 is 5.97 Å². The van der Waals surface area contributed by atoms with Crippen LogP contribution in [0, 0.1) is 0 Å². The maximum absolute atomic E-state index is 13.0. The smallest absolute Gasteiger partial charge is 0.338 e. The van der Waals surface area contributed by atoms with Crippen molar-refractivity contribution in [3.63, 3.8) is 0 Å². The molecule has 1 N–H and O–H groups in total. The Morgan fingerprint density at radius 3 is 2.45 bits per heavy atom. The third-order valence-electron chi connectivity index (χ3n) is 5.07. The molecule has 158 valence electrons. The third kappa shape index (κ3) is 5.29. The van der Waals surface area contributed by atoms with Crippen LogP contribution in [0.2, 0.25) is 0 Å². The van der Waals surface area contributed by atoms with Crippen LogP contribution in [0.3, 0.4) is 0 Å². The summed E-state index contributed by atoms with van der Waals surface area (Å²) >= 11 is 0. The number of carbonyl (C=O) groups excluding carboxylic acids is 2. The Balaban J connectivity index is 1.44. The summed E-state index contributed by atoms with van der Waals surface area (Å²) in [4.78, 5) is 27.6. The first-order chi connectivity index (χ1) is 15.2. The molecule has 0 saturated carbocycles. The molecule has 6 heteroatoms. The average Bonchev–Trinajstić information content (AvgIpc) is 2.84. The Kier molecular flexibility index (Phi) is 6.59. The monoisotopic (exact) mass is 416 g/mol. The number of rotatable bonds is 6. The maximum atomic E-state index is 13.0. The highest BCUT2D eigenvalue weighted by atomic mass is 16.5. The molecule has 31 heavy (non-hydrogen) atoms. The van der Waals surface area contributed by atoms with Gasteiger partial charge in [0.2, 0.25) is 0 Å². The summed E-state index contributed by atoms with van der Waals surface area (Å²) in [6, 6.07) is 23.8. The van der Waals surface area contributed by atoms with Crippen molar-refractivity contribution < 1.29 is 19.1 Å². The molecule has 6 nitrogen and oxygen atoms in total. The fourth-order valence-electron chi connectivity index (χ4n) is 3.47. The number of anilines is 2. The van der Waals surface area contributed by atoms with Gasteiger partial charge < -0.3 is 19.7 Å². The SMILES string of the molecule is O=C(OCc1ccccc1)c1cccc(NC(=O)c2ccccc2N2CCOCC2)c1. The first-order valence-corrected chi connectivity index (χ1v) is 10.2. The van der Waals surface area contributed by atoms with Crippen LogP contribution < -0.4 is 10.2 Å². The summed E-state index contributed by atoms with van der Waals surface area (Å²) in [7, 11) is 0. The van der Waals surface area contributed by atoms with Gasteiger partial charge in [0, 0.05) is 24.5 Å². The molecule has 0 aromatic heterocycles. The summed E-state index contributed by atoms with van der Waals surface area (Å²) in [6.45, 7) is 2.97. The minimum absolute atomic E-state index is 0.198. The van der Waals surface area contributed by atoms with Crippen molar-refractivity contribution in [2.75, 3.05) is 36.5 Å². The van der Waals surface area contributed by atoms with E-state index in [-0.39, 0.29) is 12.5 Å². The molecule has 1 aliphatic rings. The number of esters is 1. The van der Waals surface area contributed by atoms with Gasteiger partial charge in [-0.2, -0.15) is 0 Å². The predicted octanol–water partition coefficient (Wildman–Crippen LogP) is 4.13. The van der Waals surface area contributed by atoms with E-state index in [9.17, 15) is 9.59 Å². The molecular formula is C25H24N2O4. The van der Waals surface area contributed by atoms with E-state index in [1.807, 2.05) is 48.5 Å². The van der Waals surface area contributed by atoms with Crippen molar-refractivity contribution in [1.82, 2.24) is 0 Å². The van der Waals surface area contributed by atoms with Crippen molar-refractivity contribution in [1.29, 1.82) is 0 Å². The molecule has 0 aliphatic carbocycles. The van der Waals surface area contributed by atoms with E-state index in [1.165, 1.54) is 0 Å². The second kappa shape index (κ2) is 9.91. The summed E-state index contributed by atoms with van der Waals surface area (Å²) in [5, 5.41) is 2.90. The number of hydrogen-bond acceptors (Lipinski definition) is 5. The quantitative estimate of drug-likeness (QED) is 0.612. The molecule has 0 radical (unpaired) electrons. The lowest BCUT2D eigenvalue weighted by Crippen LogP contribution is -2.37. The molecule has 0 atom stereocenters. The van der Waals surface area contributed by atoms with Gasteiger partial charge in [0.05, 0.1) is 24.3 Å². The van der Waals surface area contributed by atoms with Crippen molar-refractivity contribution in [2.24, 2.45) is 0 Å². The highest BCUT2D eigenvalue weighted by Gasteiger charge is 2.19. The molecule has 3 aromatic carbocycles. The van der Waals surface area contributed by atoms with E-state index in [4.69, 9.17) is 9.47 Å². The van der Waals surface area contributed by atoms with E-state index in [1.54, 1.807) is 30.3 Å². The summed E-state index contributed by atoms with van der Waals surface area (Å²) in [5.41, 5.74) is 3.30. The van der Waals surface area contributed by atoms with Crippen LogP contribution in [-0.2, 0) is 16.1 Å². The molecule has 4 rings (SSSR count). The molecule has 1 fully saturated rings.